The molecule has 11 heavy (non-hydrogen) atoms. The van der Waals surface area contributed by atoms with Gasteiger partial charge in [-0.2, -0.15) is 5.26 Å². The van der Waals surface area contributed by atoms with E-state index < -0.39 is 12.0 Å². The van der Waals surface area contributed by atoms with E-state index in [1.165, 1.54) is 0 Å². The molecule has 0 radical (unpaired) electrons. The van der Waals surface area contributed by atoms with Gasteiger partial charge in [0.2, 0.25) is 0 Å². The van der Waals surface area contributed by atoms with Crippen LogP contribution in [0.4, 0.5) is 0 Å². The van der Waals surface area contributed by atoms with Crippen LogP contribution in [0.1, 0.15) is 12.8 Å². The summed E-state index contributed by atoms with van der Waals surface area (Å²) in [5.74, 6) is -1.20. The van der Waals surface area contributed by atoms with E-state index in [-0.39, 0.29) is 12.8 Å². The van der Waals surface area contributed by atoms with Gasteiger partial charge in [0.05, 0.1) is 6.07 Å². The van der Waals surface area contributed by atoms with Gasteiger partial charge in [0.1, 0.15) is 6.04 Å². The van der Waals surface area contributed by atoms with Crippen molar-refractivity contribution in [1.29, 1.82) is 5.26 Å². The number of hydrogen-bond donors (Lipinski definition) is 1. The van der Waals surface area contributed by atoms with Gasteiger partial charge in [-0.05, 0) is 12.0 Å². The summed E-state index contributed by atoms with van der Waals surface area (Å²) in [5, 5.41) is 19.4. The van der Waals surface area contributed by atoms with Gasteiger partial charge in [-0.1, -0.05) is 5.11 Å². The monoisotopic (exact) mass is 154 g/mol. The van der Waals surface area contributed by atoms with Crippen LogP contribution in [0.25, 0.3) is 10.4 Å². The lowest BCUT2D eigenvalue weighted by molar-refractivity contribution is -0.138. The Balaban J connectivity index is 4.02. The molecule has 0 heterocycles. The van der Waals surface area contributed by atoms with E-state index in [1.54, 1.807) is 6.07 Å². The van der Waals surface area contributed by atoms with E-state index in [2.05, 4.69) is 10.0 Å². The maximum atomic E-state index is 10.2. The SMILES string of the molecule is N#CCCC(N=[N+]=[N-])C(=O)O. The zero-order chi connectivity index (χ0) is 8.69. The molecule has 6 nitrogen and oxygen atoms in total. The minimum atomic E-state index is -1.20. The molecule has 0 aromatic rings. The van der Waals surface area contributed by atoms with Crippen LogP contribution in [0.5, 0.6) is 0 Å². The number of carboxylic acid groups (broad SMARTS) is 1. The van der Waals surface area contributed by atoms with Crippen LogP contribution in [0.15, 0.2) is 5.11 Å². The first kappa shape index (κ1) is 9.27. The fraction of sp³-hybridized carbons (Fsp3) is 0.600. The van der Waals surface area contributed by atoms with E-state index in [0.717, 1.165) is 0 Å². The molecule has 0 aliphatic rings. The van der Waals surface area contributed by atoms with Gasteiger partial charge in [0.15, 0.2) is 0 Å². The summed E-state index contributed by atoms with van der Waals surface area (Å²) < 4.78 is 0. The average molecular weight is 154 g/mol. The number of hydrogen-bond acceptors (Lipinski definition) is 3. The Labute approximate surface area is 62.7 Å². The molecule has 0 aliphatic carbocycles. The first-order chi connectivity index (χ1) is 5.22. The molecule has 0 aromatic carbocycles. The zero-order valence-electron chi connectivity index (χ0n) is 5.64. The number of nitriles is 1. The van der Waals surface area contributed by atoms with Gasteiger partial charge in [0.25, 0.3) is 0 Å². The molecular weight excluding hydrogens is 148 g/mol. The van der Waals surface area contributed by atoms with Crippen molar-refractivity contribution < 1.29 is 9.90 Å². The molecule has 1 atom stereocenters. The summed E-state index contributed by atoms with van der Waals surface area (Å²) in [7, 11) is 0. The standard InChI is InChI=1S/C5H6N4O2/c6-3-1-2-4(5(10)11)8-9-7/h4H,1-2H2,(H,10,11). The first-order valence-electron chi connectivity index (χ1n) is 2.86. The lowest BCUT2D eigenvalue weighted by Crippen LogP contribution is -2.16. The number of azide groups is 1. The van der Waals surface area contributed by atoms with Crippen molar-refractivity contribution in [1.82, 2.24) is 0 Å². The normalized spacial score (nSPS) is 10.8. The van der Waals surface area contributed by atoms with E-state index >= 15 is 0 Å². The fourth-order valence-corrected chi connectivity index (χ4v) is 0.494. The van der Waals surface area contributed by atoms with Crippen LogP contribution >= 0.6 is 0 Å². The minimum absolute atomic E-state index is 0.0654. The van der Waals surface area contributed by atoms with Crippen molar-refractivity contribution in [3.63, 3.8) is 0 Å². The van der Waals surface area contributed by atoms with Gasteiger partial charge < -0.3 is 5.11 Å². The third kappa shape index (κ3) is 3.78. The lowest BCUT2D eigenvalue weighted by Gasteiger charge is -1.99. The molecule has 0 bridgehead atoms. The average Bonchev–Trinajstić information content (AvgIpc) is 1.97. The molecule has 0 fully saturated rings. The van der Waals surface area contributed by atoms with Gasteiger partial charge in [-0.3, -0.25) is 4.79 Å². The van der Waals surface area contributed by atoms with Crippen LogP contribution in [0.3, 0.4) is 0 Å². The summed E-state index contributed by atoms with van der Waals surface area (Å²) in [5.41, 5.74) is 7.90. The van der Waals surface area contributed by atoms with E-state index in [9.17, 15) is 4.79 Å². The molecule has 0 aromatic heterocycles. The van der Waals surface area contributed by atoms with Gasteiger partial charge in [-0.15, -0.1) is 0 Å². The minimum Gasteiger partial charge on any atom is -0.481 e. The Morgan fingerprint density at radius 3 is 2.91 bits per heavy atom. The molecule has 0 saturated carbocycles. The number of aliphatic carboxylic acids is 1. The van der Waals surface area contributed by atoms with Crippen molar-refractivity contribution in [2.45, 2.75) is 18.9 Å². The quantitative estimate of drug-likeness (QED) is 0.371. The highest BCUT2D eigenvalue weighted by Crippen LogP contribution is 2.01. The fourth-order valence-electron chi connectivity index (χ4n) is 0.494. The molecule has 1 unspecified atom stereocenters. The van der Waals surface area contributed by atoms with E-state index in [0.29, 0.717) is 0 Å². The van der Waals surface area contributed by atoms with Crippen LogP contribution < -0.4 is 0 Å². The lowest BCUT2D eigenvalue weighted by atomic mass is 10.2. The Morgan fingerprint density at radius 2 is 2.55 bits per heavy atom. The number of carbonyl (C=O) groups is 1. The topological polar surface area (TPSA) is 110 Å². The summed E-state index contributed by atoms with van der Waals surface area (Å²) in [6.07, 6.45) is 0.145. The summed E-state index contributed by atoms with van der Waals surface area (Å²) in [6, 6.07) is 0.653. The maximum Gasteiger partial charge on any atom is 0.312 e. The predicted molar refractivity (Wildman–Crippen MR) is 35.4 cm³/mol. The Kier molecular flexibility index (Phi) is 4.29. The Bertz CT molecular complexity index is 223. The molecule has 1 N–H and O–H groups in total. The smallest absolute Gasteiger partial charge is 0.312 e. The zero-order valence-corrected chi connectivity index (χ0v) is 5.64. The van der Waals surface area contributed by atoms with Crippen LogP contribution in [0.2, 0.25) is 0 Å². The van der Waals surface area contributed by atoms with E-state index in [4.69, 9.17) is 15.9 Å². The first-order valence-corrected chi connectivity index (χ1v) is 2.86. The second kappa shape index (κ2) is 5.09. The highest BCUT2D eigenvalue weighted by atomic mass is 16.4. The molecule has 6 heteroatoms. The number of nitrogens with zero attached hydrogens (tertiary/aromatic N) is 4. The van der Waals surface area contributed by atoms with Gasteiger partial charge >= 0.3 is 5.97 Å². The van der Waals surface area contributed by atoms with Crippen molar-refractivity contribution in [2.24, 2.45) is 5.11 Å². The van der Waals surface area contributed by atoms with Crippen LogP contribution in [0, 0.1) is 11.3 Å². The van der Waals surface area contributed by atoms with E-state index in [1.807, 2.05) is 0 Å². The molecule has 0 amide bonds. The third-order valence-electron chi connectivity index (χ3n) is 1.01. The van der Waals surface area contributed by atoms with Crippen molar-refractivity contribution >= 4 is 5.97 Å². The molecule has 58 valence electrons. The Hall–Kier alpha value is -1.73. The van der Waals surface area contributed by atoms with Crippen LogP contribution in [-0.2, 0) is 4.79 Å². The highest BCUT2D eigenvalue weighted by molar-refractivity contribution is 5.73. The maximum absolute atomic E-state index is 10.2. The second-order valence-corrected chi connectivity index (χ2v) is 1.76. The third-order valence-corrected chi connectivity index (χ3v) is 1.01. The van der Waals surface area contributed by atoms with Crippen LogP contribution in [-0.4, -0.2) is 17.1 Å². The van der Waals surface area contributed by atoms with Gasteiger partial charge in [-0.25, -0.2) is 0 Å². The molecule has 0 rings (SSSR count). The molecule has 0 saturated heterocycles. The molecule has 0 aliphatic heterocycles. The van der Waals surface area contributed by atoms with Crippen molar-refractivity contribution in [3.8, 4) is 6.07 Å². The van der Waals surface area contributed by atoms with Crippen molar-refractivity contribution in [3.05, 3.63) is 10.4 Å². The highest BCUT2D eigenvalue weighted by Gasteiger charge is 2.13. The molecule has 0 spiro atoms. The summed E-state index contributed by atoms with van der Waals surface area (Å²) in [6.45, 7) is 0. The summed E-state index contributed by atoms with van der Waals surface area (Å²) >= 11 is 0. The largest absolute Gasteiger partial charge is 0.481 e. The number of carboxylic acids is 1. The molecular formula is C5H6N4O2. The Morgan fingerprint density at radius 1 is 1.91 bits per heavy atom. The van der Waals surface area contributed by atoms with Crippen molar-refractivity contribution in [2.75, 3.05) is 0 Å². The summed E-state index contributed by atoms with van der Waals surface area (Å²) in [4.78, 5) is 12.6. The predicted octanol–water partition coefficient (Wildman–Crippen LogP) is 1.05. The number of rotatable bonds is 4. The van der Waals surface area contributed by atoms with Gasteiger partial charge in [0, 0.05) is 11.3 Å². The second-order valence-electron chi connectivity index (χ2n) is 1.76.